The van der Waals surface area contributed by atoms with Crippen LogP contribution in [0.4, 0.5) is 0 Å². The number of hydrogen-bond acceptors (Lipinski definition) is 4. The zero-order chi connectivity index (χ0) is 20.4. The van der Waals surface area contributed by atoms with Gasteiger partial charge in [0.2, 0.25) is 0 Å². The number of likely N-dealkylation sites (N-methyl/N-ethyl adjacent to an activating group) is 1. The maximum atomic E-state index is 12.8. The maximum Gasteiger partial charge on any atom is 0.272 e. The molecule has 0 bridgehead atoms. The van der Waals surface area contributed by atoms with Crippen LogP contribution in [0.15, 0.2) is 53.4 Å². The van der Waals surface area contributed by atoms with Crippen molar-refractivity contribution in [2.45, 2.75) is 24.1 Å². The Balaban J connectivity index is 1.42. The van der Waals surface area contributed by atoms with Crippen molar-refractivity contribution in [1.82, 2.24) is 20.0 Å². The summed E-state index contributed by atoms with van der Waals surface area (Å²) in [7, 11) is 3.99. The molecular formula is C23H26N4OS. The molecule has 0 atom stereocenters. The normalized spacial score (nSPS) is 12.6. The minimum Gasteiger partial charge on any atom is -0.349 e. The molecule has 0 radical (unpaired) electrons. The summed E-state index contributed by atoms with van der Waals surface area (Å²) < 4.78 is 1.85. The first-order valence-corrected chi connectivity index (χ1v) is 10.8. The molecule has 1 aromatic heterocycles. The molecule has 6 heteroatoms. The van der Waals surface area contributed by atoms with Crippen LogP contribution in [0, 0.1) is 6.92 Å². The standard InChI is InChI=1S/C23H26N4OS/c1-16-9-10-20-18(13-16)22-19(15-29-20)21(25-27(22)3)23(28)24-11-12-26(2)14-17-7-5-4-6-8-17/h4-10,13H,11-12,14-15H2,1-3H3,(H,24,28). The minimum atomic E-state index is -0.0911. The van der Waals surface area contributed by atoms with Crippen molar-refractivity contribution in [3.8, 4) is 11.3 Å². The van der Waals surface area contributed by atoms with Gasteiger partial charge < -0.3 is 10.2 Å². The third-order valence-electron chi connectivity index (χ3n) is 5.20. The lowest BCUT2D eigenvalue weighted by atomic mass is 10.0. The van der Waals surface area contributed by atoms with Crippen molar-refractivity contribution in [2.24, 2.45) is 7.05 Å². The predicted octanol–water partition coefficient (Wildman–Crippen LogP) is 3.86. The first kappa shape index (κ1) is 19.7. The Kier molecular flexibility index (Phi) is 5.74. The van der Waals surface area contributed by atoms with Gasteiger partial charge in [0.05, 0.1) is 5.69 Å². The van der Waals surface area contributed by atoms with E-state index in [1.807, 2.05) is 29.9 Å². The van der Waals surface area contributed by atoms with Crippen LogP contribution >= 0.6 is 11.8 Å². The zero-order valence-corrected chi connectivity index (χ0v) is 17.9. The summed E-state index contributed by atoms with van der Waals surface area (Å²) in [5.74, 6) is 0.683. The Morgan fingerprint density at radius 2 is 2.03 bits per heavy atom. The number of nitrogens with zero attached hydrogens (tertiary/aromatic N) is 3. The highest BCUT2D eigenvalue weighted by molar-refractivity contribution is 7.98. The molecule has 29 heavy (non-hydrogen) atoms. The van der Waals surface area contributed by atoms with E-state index in [4.69, 9.17) is 0 Å². The summed E-state index contributed by atoms with van der Waals surface area (Å²) in [6.07, 6.45) is 0. The number of aromatic nitrogens is 2. The van der Waals surface area contributed by atoms with Crippen LogP contribution in [0.25, 0.3) is 11.3 Å². The van der Waals surface area contributed by atoms with E-state index >= 15 is 0 Å². The summed E-state index contributed by atoms with van der Waals surface area (Å²) in [5, 5.41) is 7.61. The molecule has 2 heterocycles. The second-order valence-electron chi connectivity index (χ2n) is 7.57. The van der Waals surface area contributed by atoms with Gasteiger partial charge in [-0.1, -0.05) is 42.0 Å². The number of fused-ring (bicyclic) bond motifs is 3. The van der Waals surface area contributed by atoms with Crippen molar-refractivity contribution in [3.05, 3.63) is 70.9 Å². The molecule has 0 saturated carbocycles. The van der Waals surface area contributed by atoms with Gasteiger partial charge in [0, 0.05) is 48.5 Å². The fourth-order valence-electron chi connectivity index (χ4n) is 3.75. The van der Waals surface area contributed by atoms with E-state index in [2.05, 4.69) is 59.6 Å². The molecular weight excluding hydrogens is 380 g/mol. The molecule has 0 fully saturated rings. The number of carbonyl (C=O) groups excluding carboxylic acids is 1. The highest BCUT2D eigenvalue weighted by Crippen LogP contribution is 2.42. The fourth-order valence-corrected chi connectivity index (χ4v) is 4.80. The van der Waals surface area contributed by atoms with Gasteiger partial charge in [0.15, 0.2) is 5.69 Å². The smallest absolute Gasteiger partial charge is 0.272 e. The summed E-state index contributed by atoms with van der Waals surface area (Å²) in [6.45, 7) is 4.33. The summed E-state index contributed by atoms with van der Waals surface area (Å²) in [5.41, 5.74) is 6.30. The van der Waals surface area contributed by atoms with Gasteiger partial charge in [-0.25, -0.2) is 0 Å². The van der Waals surface area contributed by atoms with Gasteiger partial charge in [-0.15, -0.1) is 11.8 Å². The van der Waals surface area contributed by atoms with Gasteiger partial charge in [-0.2, -0.15) is 5.10 Å². The lowest BCUT2D eigenvalue weighted by molar-refractivity contribution is 0.0943. The SMILES string of the molecule is Cc1ccc2c(c1)-c1c(c(C(=O)NCCN(C)Cc3ccccc3)nn1C)CS2. The number of aryl methyl sites for hydroxylation is 2. The lowest BCUT2D eigenvalue weighted by Gasteiger charge is -2.18. The Morgan fingerprint density at radius 3 is 2.83 bits per heavy atom. The molecule has 0 spiro atoms. The quantitative estimate of drug-likeness (QED) is 0.675. The monoisotopic (exact) mass is 406 g/mol. The Labute approximate surface area is 176 Å². The summed E-state index contributed by atoms with van der Waals surface area (Å²) in [6, 6.07) is 16.8. The van der Waals surface area contributed by atoms with E-state index in [0.717, 1.165) is 30.1 Å². The summed E-state index contributed by atoms with van der Waals surface area (Å²) in [4.78, 5) is 16.3. The number of rotatable bonds is 6. The molecule has 2 aromatic carbocycles. The van der Waals surface area contributed by atoms with Crippen molar-refractivity contribution >= 4 is 17.7 Å². The van der Waals surface area contributed by atoms with E-state index in [0.29, 0.717) is 12.2 Å². The number of thioether (sulfide) groups is 1. The van der Waals surface area contributed by atoms with Gasteiger partial charge in [-0.3, -0.25) is 9.48 Å². The highest BCUT2D eigenvalue weighted by Gasteiger charge is 2.27. The van der Waals surface area contributed by atoms with Crippen molar-refractivity contribution < 1.29 is 4.79 Å². The molecule has 150 valence electrons. The first-order chi connectivity index (χ1) is 14.0. The van der Waals surface area contributed by atoms with Crippen molar-refractivity contribution in [3.63, 3.8) is 0 Å². The van der Waals surface area contributed by atoms with Crippen LogP contribution in [0.2, 0.25) is 0 Å². The van der Waals surface area contributed by atoms with E-state index in [-0.39, 0.29) is 5.91 Å². The molecule has 3 aromatic rings. The Morgan fingerprint density at radius 1 is 1.24 bits per heavy atom. The predicted molar refractivity (Wildman–Crippen MR) is 118 cm³/mol. The third kappa shape index (κ3) is 4.23. The van der Waals surface area contributed by atoms with E-state index in [1.165, 1.54) is 21.6 Å². The molecule has 4 rings (SSSR count). The number of carbonyl (C=O) groups is 1. The van der Waals surface area contributed by atoms with E-state index in [9.17, 15) is 4.79 Å². The fraction of sp³-hybridized carbons (Fsp3) is 0.304. The molecule has 1 amide bonds. The van der Waals surface area contributed by atoms with Crippen LogP contribution in [0.5, 0.6) is 0 Å². The molecule has 0 saturated heterocycles. The van der Waals surface area contributed by atoms with Crippen LogP contribution in [0.1, 0.15) is 27.2 Å². The second-order valence-corrected chi connectivity index (χ2v) is 8.58. The topological polar surface area (TPSA) is 50.2 Å². The number of nitrogens with one attached hydrogen (secondary N) is 1. The van der Waals surface area contributed by atoms with Crippen molar-refractivity contribution in [2.75, 3.05) is 20.1 Å². The third-order valence-corrected chi connectivity index (χ3v) is 6.30. The number of amides is 1. The van der Waals surface area contributed by atoms with Gasteiger partial charge in [0.1, 0.15) is 0 Å². The van der Waals surface area contributed by atoms with Crippen molar-refractivity contribution in [1.29, 1.82) is 0 Å². The second kappa shape index (κ2) is 8.43. The van der Waals surface area contributed by atoms with Gasteiger partial charge >= 0.3 is 0 Å². The molecule has 1 aliphatic heterocycles. The minimum absolute atomic E-state index is 0.0911. The van der Waals surface area contributed by atoms with Gasteiger partial charge in [0.25, 0.3) is 5.91 Å². The lowest BCUT2D eigenvalue weighted by Crippen LogP contribution is -2.33. The molecule has 5 nitrogen and oxygen atoms in total. The van der Waals surface area contributed by atoms with Crippen LogP contribution in [0.3, 0.4) is 0 Å². The average molecular weight is 407 g/mol. The van der Waals surface area contributed by atoms with Crippen LogP contribution in [-0.2, 0) is 19.3 Å². The summed E-state index contributed by atoms with van der Waals surface area (Å²) >= 11 is 1.77. The van der Waals surface area contributed by atoms with Crippen LogP contribution < -0.4 is 5.32 Å². The van der Waals surface area contributed by atoms with Gasteiger partial charge in [-0.05, 0) is 31.7 Å². The first-order valence-electron chi connectivity index (χ1n) is 9.83. The highest BCUT2D eigenvalue weighted by atomic mass is 32.2. The van der Waals surface area contributed by atoms with E-state index < -0.39 is 0 Å². The molecule has 0 aliphatic carbocycles. The number of benzene rings is 2. The molecule has 0 unspecified atom stereocenters. The maximum absolute atomic E-state index is 12.8. The Bertz CT molecular complexity index is 1030. The number of hydrogen-bond donors (Lipinski definition) is 1. The van der Waals surface area contributed by atoms with Crippen LogP contribution in [-0.4, -0.2) is 40.7 Å². The Hall–Kier alpha value is -2.57. The largest absolute Gasteiger partial charge is 0.349 e. The average Bonchev–Trinajstić information content (AvgIpc) is 3.06. The molecule has 1 N–H and O–H groups in total. The van der Waals surface area contributed by atoms with E-state index in [1.54, 1.807) is 11.8 Å². The zero-order valence-electron chi connectivity index (χ0n) is 17.1. The molecule has 1 aliphatic rings.